The predicted octanol–water partition coefficient (Wildman–Crippen LogP) is 2.41. The van der Waals surface area contributed by atoms with Crippen molar-refractivity contribution in [3.8, 4) is 0 Å². The molecule has 4 nitrogen and oxygen atoms in total. The Morgan fingerprint density at radius 2 is 2.14 bits per heavy atom. The first-order chi connectivity index (χ1) is 10.1. The number of nitrogens with one attached hydrogen (secondary N) is 1. The Morgan fingerprint density at radius 3 is 2.86 bits per heavy atom. The summed E-state index contributed by atoms with van der Waals surface area (Å²) in [5.74, 6) is 0.419. The minimum absolute atomic E-state index is 0. The Morgan fingerprint density at radius 1 is 1.41 bits per heavy atom. The molecule has 3 rings (SSSR count). The van der Waals surface area contributed by atoms with Crippen LogP contribution in [0.1, 0.15) is 30.9 Å². The van der Waals surface area contributed by atoms with Gasteiger partial charge in [0.2, 0.25) is 5.91 Å². The van der Waals surface area contributed by atoms with Crippen molar-refractivity contribution in [2.45, 2.75) is 35.7 Å². The van der Waals surface area contributed by atoms with E-state index in [0.717, 1.165) is 17.7 Å². The molecule has 3 N–H and O–H groups in total. The van der Waals surface area contributed by atoms with Crippen LogP contribution in [0.4, 0.5) is 4.39 Å². The van der Waals surface area contributed by atoms with Gasteiger partial charge in [-0.15, -0.1) is 24.2 Å². The molecule has 1 unspecified atom stereocenters. The smallest absolute Gasteiger partial charge is 0.240 e. The molecule has 1 fully saturated rings. The lowest BCUT2D eigenvalue weighted by Crippen LogP contribution is -2.57. The molecule has 1 saturated heterocycles. The summed E-state index contributed by atoms with van der Waals surface area (Å²) < 4.78 is 19.1. The first-order valence-corrected chi connectivity index (χ1v) is 8.17. The van der Waals surface area contributed by atoms with E-state index in [1.165, 1.54) is 17.8 Å². The molecule has 1 aromatic carbocycles. The summed E-state index contributed by atoms with van der Waals surface area (Å²) in [4.78, 5) is 13.1. The van der Waals surface area contributed by atoms with Gasteiger partial charge in [-0.25, -0.2) is 4.39 Å². The van der Waals surface area contributed by atoms with Gasteiger partial charge in [-0.2, -0.15) is 0 Å². The summed E-state index contributed by atoms with van der Waals surface area (Å²) in [7, 11) is 0. The zero-order chi connectivity index (χ0) is 14.9. The van der Waals surface area contributed by atoms with E-state index >= 15 is 0 Å². The normalized spacial score (nSPS) is 23.1. The van der Waals surface area contributed by atoms with Crippen LogP contribution in [0.5, 0.6) is 0 Å². The van der Waals surface area contributed by atoms with E-state index in [0.29, 0.717) is 31.0 Å². The second kappa shape index (κ2) is 7.17. The summed E-state index contributed by atoms with van der Waals surface area (Å²) in [6.45, 7) is 1.02. The van der Waals surface area contributed by atoms with Crippen molar-refractivity contribution < 1.29 is 13.9 Å². The van der Waals surface area contributed by atoms with Gasteiger partial charge >= 0.3 is 0 Å². The summed E-state index contributed by atoms with van der Waals surface area (Å²) in [5, 5.41) is 3.01. The van der Waals surface area contributed by atoms with Gasteiger partial charge in [-0.3, -0.25) is 4.79 Å². The summed E-state index contributed by atoms with van der Waals surface area (Å²) in [6, 6.07) is 4.86. The molecular formula is C15H20ClFN2O2S. The van der Waals surface area contributed by atoms with Crippen LogP contribution < -0.4 is 11.1 Å². The molecule has 0 aromatic heterocycles. The van der Waals surface area contributed by atoms with E-state index in [9.17, 15) is 9.18 Å². The van der Waals surface area contributed by atoms with Crippen LogP contribution in [0.15, 0.2) is 23.1 Å². The molecule has 2 heterocycles. The maximum atomic E-state index is 13.8. The first kappa shape index (κ1) is 17.5. The van der Waals surface area contributed by atoms with E-state index in [1.54, 1.807) is 6.07 Å². The number of rotatable bonds is 2. The molecule has 2 aliphatic rings. The molecule has 0 aliphatic carbocycles. The standard InChI is InChI=1S/C15H19FN2O2S.ClH/c16-11-3-1-2-10-12(4-9-21-13(10)11)18-14(19)15(17)5-7-20-8-6-15;/h1-3,12H,4-9,17H2,(H,18,19);1H. The fraction of sp³-hybridized carbons (Fsp3) is 0.533. The van der Waals surface area contributed by atoms with Gasteiger partial charge in [0.1, 0.15) is 5.82 Å². The third-order valence-electron chi connectivity index (χ3n) is 4.17. The van der Waals surface area contributed by atoms with E-state index < -0.39 is 5.54 Å². The van der Waals surface area contributed by atoms with E-state index in [1.807, 2.05) is 6.07 Å². The number of carbonyl (C=O) groups is 1. The number of hydrogen-bond donors (Lipinski definition) is 2. The SMILES string of the molecule is Cl.NC1(C(=O)NC2CCSc3c(F)cccc32)CCOCC1. The van der Waals surface area contributed by atoms with E-state index in [-0.39, 0.29) is 30.2 Å². The highest BCUT2D eigenvalue weighted by atomic mass is 35.5. The highest BCUT2D eigenvalue weighted by Crippen LogP contribution is 2.38. The average Bonchev–Trinajstić information content (AvgIpc) is 2.49. The number of nitrogens with two attached hydrogens (primary N) is 1. The van der Waals surface area contributed by atoms with Crippen molar-refractivity contribution in [1.82, 2.24) is 5.32 Å². The monoisotopic (exact) mass is 346 g/mol. The fourth-order valence-corrected chi connectivity index (χ4v) is 3.94. The zero-order valence-electron chi connectivity index (χ0n) is 12.1. The summed E-state index contributed by atoms with van der Waals surface area (Å²) in [5.41, 5.74) is 6.19. The molecular weight excluding hydrogens is 327 g/mol. The van der Waals surface area contributed by atoms with Crippen LogP contribution in [0.2, 0.25) is 0 Å². The number of hydrogen-bond acceptors (Lipinski definition) is 4. The maximum absolute atomic E-state index is 13.8. The molecule has 2 aliphatic heterocycles. The topological polar surface area (TPSA) is 64.4 Å². The highest BCUT2D eigenvalue weighted by Gasteiger charge is 2.37. The number of amides is 1. The minimum atomic E-state index is -0.865. The quantitative estimate of drug-likeness (QED) is 0.863. The fourth-order valence-electron chi connectivity index (χ4n) is 2.80. The van der Waals surface area contributed by atoms with Crippen LogP contribution in [0, 0.1) is 5.82 Å². The molecule has 1 aromatic rings. The average molecular weight is 347 g/mol. The lowest BCUT2D eigenvalue weighted by atomic mass is 9.89. The van der Waals surface area contributed by atoms with Gasteiger partial charge < -0.3 is 15.8 Å². The van der Waals surface area contributed by atoms with Crippen molar-refractivity contribution >= 4 is 30.1 Å². The summed E-state index contributed by atoms with van der Waals surface area (Å²) in [6.07, 6.45) is 1.84. The van der Waals surface area contributed by atoms with Crippen LogP contribution in [0.25, 0.3) is 0 Å². The number of thioether (sulfide) groups is 1. The Balaban J connectivity index is 0.00000176. The first-order valence-electron chi connectivity index (χ1n) is 7.19. The molecule has 0 radical (unpaired) electrons. The van der Waals surface area contributed by atoms with Gasteiger partial charge in [0.15, 0.2) is 0 Å². The van der Waals surface area contributed by atoms with Gasteiger partial charge in [-0.05, 0) is 30.9 Å². The zero-order valence-corrected chi connectivity index (χ0v) is 13.8. The molecule has 1 atom stereocenters. The van der Waals surface area contributed by atoms with Crippen LogP contribution >= 0.6 is 24.2 Å². The molecule has 0 spiro atoms. The molecule has 0 bridgehead atoms. The second-order valence-corrected chi connectivity index (χ2v) is 6.70. The maximum Gasteiger partial charge on any atom is 0.240 e. The van der Waals surface area contributed by atoms with Gasteiger partial charge in [0, 0.05) is 23.9 Å². The number of fused-ring (bicyclic) bond motifs is 1. The van der Waals surface area contributed by atoms with Crippen molar-refractivity contribution in [3.63, 3.8) is 0 Å². The third-order valence-corrected chi connectivity index (χ3v) is 5.33. The van der Waals surface area contributed by atoms with Gasteiger partial charge in [-0.1, -0.05) is 12.1 Å². The lowest BCUT2D eigenvalue weighted by Gasteiger charge is -2.34. The molecule has 22 heavy (non-hydrogen) atoms. The van der Waals surface area contributed by atoms with Crippen molar-refractivity contribution in [1.29, 1.82) is 0 Å². The number of carbonyl (C=O) groups excluding carboxylic acids is 1. The second-order valence-electron chi connectivity index (χ2n) is 5.59. The largest absolute Gasteiger partial charge is 0.381 e. The van der Waals surface area contributed by atoms with Crippen LogP contribution in [-0.4, -0.2) is 30.4 Å². The number of halogens is 2. The predicted molar refractivity (Wildman–Crippen MR) is 86.8 cm³/mol. The van der Waals surface area contributed by atoms with Crippen molar-refractivity contribution in [2.75, 3.05) is 19.0 Å². The summed E-state index contributed by atoms with van der Waals surface area (Å²) >= 11 is 1.50. The van der Waals surface area contributed by atoms with Crippen molar-refractivity contribution in [2.24, 2.45) is 5.73 Å². The molecule has 122 valence electrons. The van der Waals surface area contributed by atoms with E-state index in [4.69, 9.17) is 10.5 Å². The molecule has 7 heteroatoms. The third kappa shape index (κ3) is 3.40. The lowest BCUT2D eigenvalue weighted by molar-refractivity contribution is -0.130. The Bertz CT molecular complexity index is 552. The molecule has 1 amide bonds. The Kier molecular flexibility index (Phi) is 5.71. The number of ether oxygens (including phenoxy) is 1. The van der Waals surface area contributed by atoms with Crippen LogP contribution in [-0.2, 0) is 9.53 Å². The Labute approximate surface area is 139 Å². The Hall–Kier alpha value is -0.820. The van der Waals surface area contributed by atoms with Crippen molar-refractivity contribution in [3.05, 3.63) is 29.6 Å². The van der Waals surface area contributed by atoms with Gasteiger partial charge in [0.25, 0.3) is 0 Å². The van der Waals surface area contributed by atoms with Crippen LogP contribution in [0.3, 0.4) is 0 Å². The highest BCUT2D eigenvalue weighted by molar-refractivity contribution is 7.99. The van der Waals surface area contributed by atoms with E-state index in [2.05, 4.69) is 5.32 Å². The number of benzene rings is 1. The minimum Gasteiger partial charge on any atom is -0.381 e. The van der Waals surface area contributed by atoms with Gasteiger partial charge in [0.05, 0.1) is 11.6 Å². The molecule has 0 saturated carbocycles.